The average Bonchev–Trinajstić information content (AvgIpc) is 2.69. The number of Topliss-reactive ketones (excluding diaryl/α,β-unsaturated/α-hetero) is 1. The van der Waals surface area contributed by atoms with E-state index in [2.05, 4.69) is 0 Å². The average molecular weight is 236 g/mol. The Kier molecular flexibility index (Phi) is 3.17. The Hall–Kier alpha value is -1.39. The third-order valence-corrected chi connectivity index (χ3v) is 2.68. The maximum atomic E-state index is 12.1. The number of carbonyl (C=O) groups excluding carboxylic acids is 1. The van der Waals surface area contributed by atoms with Gasteiger partial charge < -0.3 is 14.2 Å². The van der Waals surface area contributed by atoms with Crippen LogP contribution < -0.4 is 4.74 Å². The Morgan fingerprint density at radius 3 is 2.47 bits per heavy atom. The van der Waals surface area contributed by atoms with Crippen molar-refractivity contribution >= 4 is 5.78 Å². The molecule has 1 aliphatic heterocycles. The van der Waals surface area contributed by atoms with Gasteiger partial charge in [-0.3, -0.25) is 4.79 Å². The Morgan fingerprint density at radius 1 is 1.35 bits per heavy atom. The van der Waals surface area contributed by atoms with Crippen LogP contribution in [0.15, 0.2) is 24.3 Å². The molecule has 0 amide bonds. The molecule has 0 spiro atoms. The van der Waals surface area contributed by atoms with Crippen LogP contribution >= 0.6 is 0 Å². The number of ether oxygens (including phenoxy) is 3. The Labute approximate surface area is 100 Å². The molecule has 1 atom stereocenters. The van der Waals surface area contributed by atoms with Crippen molar-refractivity contribution in [1.82, 2.24) is 0 Å². The highest BCUT2D eigenvalue weighted by Crippen LogP contribution is 2.25. The standard InChI is InChI=1S/C13H16O4/c1-13(2)16-8-11(17-13)12(14)9-4-6-10(15-3)7-5-9/h4-7,11H,8H2,1-3H3. The first kappa shape index (κ1) is 12.1. The second-order valence-corrected chi connectivity index (χ2v) is 4.41. The number of methoxy groups -OCH3 is 1. The van der Waals surface area contributed by atoms with Crippen molar-refractivity contribution in [3.63, 3.8) is 0 Å². The lowest BCUT2D eigenvalue weighted by Crippen LogP contribution is -2.26. The van der Waals surface area contributed by atoms with Crippen LogP contribution in [-0.4, -0.2) is 31.4 Å². The van der Waals surface area contributed by atoms with Crippen LogP contribution in [0.5, 0.6) is 5.75 Å². The molecular formula is C13H16O4. The van der Waals surface area contributed by atoms with Gasteiger partial charge in [0, 0.05) is 5.56 Å². The van der Waals surface area contributed by atoms with E-state index in [0.717, 1.165) is 5.75 Å². The van der Waals surface area contributed by atoms with E-state index in [9.17, 15) is 4.79 Å². The van der Waals surface area contributed by atoms with Crippen molar-refractivity contribution < 1.29 is 19.0 Å². The van der Waals surface area contributed by atoms with Crippen LogP contribution in [0.3, 0.4) is 0 Å². The number of hydrogen-bond acceptors (Lipinski definition) is 4. The molecular weight excluding hydrogens is 220 g/mol. The quantitative estimate of drug-likeness (QED) is 0.753. The fourth-order valence-electron chi connectivity index (χ4n) is 1.76. The fraction of sp³-hybridized carbons (Fsp3) is 0.462. The minimum Gasteiger partial charge on any atom is -0.497 e. The van der Waals surface area contributed by atoms with Crippen LogP contribution in [0, 0.1) is 0 Å². The zero-order chi connectivity index (χ0) is 12.5. The molecule has 0 aliphatic carbocycles. The van der Waals surface area contributed by atoms with Crippen molar-refractivity contribution in [2.45, 2.75) is 25.7 Å². The summed E-state index contributed by atoms with van der Waals surface area (Å²) in [5.41, 5.74) is 0.608. The van der Waals surface area contributed by atoms with Crippen molar-refractivity contribution in [3.8, 4) is 5.75 Å². The van der Waals surface area contributed by atoms with E-state index in [1.807, 2.05) is 0 Å². The zero-order valence-corrected chi connectivity index (χ0v) is 10.2. The lowest BCUT2D eigenvalue weighted by Gasteiger charge is -2.16. The summed E-state index contributed by atoms with van der Waals surface area (Å²) in [6.45, 7) is 3.90. The Bertz CT molecular complexity index is 408. The second-order valence-electron chi connectivity index (χ2n) is 4.41. The van der Waals surface area contributed by atoms with Crippen molar-refractivity contribution in [2.75, 3.05) is 13.7 Å². The van der Waals surface area contributed by atoms with Crippen molar-refractivity contribution in [3.05, 3.63) is 29.8 Å². The van der Waals surface area contributed by atoms with Crippen LogP contribution in [0.4, 0.5) is 0 Å². The van der Waals surface area contributed by atoms with E-state index < -0.39 is 11.9 Å². The minimum absolute atomic E-state index is 0.0572. The molecule has 1 fully saturated rings. The maximum absolute atomic E-state index is 12.1. The van der Waals surface area contributed by atoms with E-state index in [0.29, 0.717) is 12.2 Å². The van der Waals surface area contributed by atoms with Crippen molar-refractivity contribution in [2.24, 2.45) is 0 Å². The van der Waals surface area contributed by atoms with E-state index in [1.54, 1.807) is 45.2 Å². The van der Waals surface area contributed by atoms with Crippen LogP contribution in [-0.2, 0) is 9.47 Å². The maximum Gasteiger partial charge on any atom is 0.194 e. The highest BCUT2D eigenvalue weighted by Gasteiger charge is 2.37. The lowest BCUT2D eigenvalue weighted by atomic mass is 10.1. The molecule has 1 heterocycles. The van der Waals surface area contributed by atoms with E-state index in [4.69, 9.17) is 14.2 Å². The number of benzene rings is 1. The van der Waals surface area contributed by atoms with Crippen molar-refractivity contribution in [1.29, 1.82) is 0 Å². The van der Waals surface area contributed by atoms with Gasteiger partial charge in [-0.2, -0.15) is 0 Å². The van der Waals surface area contributed by atoms with Gasteiger partial charge >= 0.3 is 0 Å². The van der Waals surface area contributed by atoms with Crippen LogP contribution in [0.2, 0.25) is 0 Å². The first-order valence-electron chi connectivity index (χ1n) is 5.52. The van der Waals surface area contributed by atoms with Crippen LogP contribution in [0.1, 0.15) is 24.2 Å². The largest absolute Gasteiger partial charge is 0.497 e. The second kappa shape index (κ2) is 4.47. The molecule has 2 rings (SSSR count). The van der Waals surface area contributed by atoms with Gasteiger partial charge in [0.05, 0.1) is 13.7 Å². The molecule has 1 unspecified atom stereocenters. The molecule has 1 aromatic carbocycles. The Balaban J connectivity index is 2.09. The molecule has 0 N–H and O–H groups in total. The minimum atomic E-state index is -0.674. The van der Waals surface area contributed by atoms with E-state index in [-0.39, 0.29) is 5.78 Å². The third-order valence-electron chi connectivity index (χ3n) is 2.68. The first-order valence-corrected chi connectivity index (χ1v) is 5.52. The summed E-state index contributed by atoms with van der Waals surface area (Å²) < 4.78 is 15.9. The van der Waals surface area contributed by atoms with Gasteiger partial charge in [0.15, 0.2) is 11.6 Å². The predicted octanol–water partition coefficient (Wildman–Crippen LogP) is 2.03. The summed E-state index contributed by atoms with van der Waals surface area (Å²) in [5.74, 6) is -0.00372. The summed E-state index contributed by atoms with van der Waals surface area (Å²) in [5, 5.41) is 0. The molecule has 4 nitrogen and oxygen atoms in total. The molecule has 0 radical (unpaired) electrons. The van der Waals surface area contributed by atoms with Gasteiger partial charge in [0.1, 0.15) is 11.9 Å². The fourth-order valence-corrected chi connectivity index (χ4v) is 1.76. The predicted molar refractivity (Wildman–Crippen MR) is 62.2 cm³/mol. The van der Waals surface area contributed by atoms with E-state index >= 15 is 0 Å². The van der Waals surface area contributed by atoms with E-state index in [1.165, 1.54) is 0 Å². The van der Waals surface area contributed by atoms with Gasteiger partial charge in [-0.25, -0.2) is 0 Å². The highest BCUT2D eigenvalue weighted by molar-refractivity contribution is 5.99. The molecule has 1 aromatic rings. The number of ketones is 1. The summed E-state index contributed by atoms with van der Waals surface area (Å²) in [7, 11) is 1.59. The molecule has 0 aromatic heterocycles. The highest BCUT2D eigenvalue weighted by atomic mass is 16.7. The monoisotopic (exact) mass is 236 g/mol. The summed E-state index contributed by atoms with van der Waals surface area (Å²) in [4.78, 5) is 12.1. The number of carbonyl (C=O) groups is 1. The summed E-state index contributed by atoms with van der Waals surface area (Å²) in [6.07, 6.45) is -0.515. The van der Waals surface area contributed by atoms with Gasteiger partial charge in [-0.1, -0.05) is 0 Å². The summed E-state index contributed by atoms with van der Waals surface area (Å²) >= 11 is 0. The van der Waals surface area contributed by atoms with Gasteiger partial charge in [0.2, 0.25) is 0 Å². The topological polar surface area (TPSA) is 44.8 Å². The molecule has 1 saturated heterocycles. The zero-order valence-electron chi connectivity index (χ0n) is 10.2. The first-order chi connectivity index (χ1) is 8.02. The lowest BCUT2D eigenvalue weighted by molar-refractivity contribution is -0.133. The SMILES string of the molecule is COc1ccc(C(=O)C2COC(C)(C)O2)cc1. The smallest absolute Gasteiger partial charge is 0.194 e. The third kappa shape index (κ3) is 2.65. The number of rotatable bonds is 3. The molecule has 4 heteroatoms. The molecule has 92 valence electrons. The molecule has 17 heavy (non-hydrogen) atoms. The molecule has 1 aliphatic rings. The van der Waals surface area contributed by atoms with Gasteiger partial charge in [-0.05, 0) is 38.1 Å². The van der Waals surface area contributed by atoms with Gasteiger partial charge in [-0.15, -0.1) is 0 Å². The normalized spacial score (nSPS) is 22.4. The summed E-state index contributed by atoms with van der Waals surface area (Å²) in [6, 6.07) is 6.98. The molecule has 0 bridgehead atoms. The van der Waals surface area contributed by atoms with Crippen LogP contribution in [0.25, 0.3) is 0 Å². The Morgan fingerprint density at radius 2 is 2.00 bits per heavy atom. The van der Waals surface area contributed by atoms with Gasteiger partial charge in [0.25, 0.3) is 0 Å². The molecule has 0 saturated carbocycles. The number of hydrogen-bond donors (Lipinski definition) is 0.